The summed E-state index contributed by atoms with van der Waals surface area (Å²) in [4.78, 5) is 15.5. The molecule has 0 unspecified atom stereocenters. The number of carbonyl (C=O) groups is 1. The molecule has 0 spiro atoms. The SMILES string of the molecule is COC(=O)c1ccc(N)c(Oc2ccccc2I)n1. The maximum absolute atomic E-state index is 11.4. The molecule has 0 saturated carbocycles. The van der Waals surface area contributed by atoms with Gasteiger partial charge in [0.1, 0.15) is 5.75 Å². The number of para-hydroxylation sites is 1. The quantitative estimate of drug-likeness (QED) is 0.665. The zero-order valence-electron chi connectivity index (χ0n) is 10.1. The normalized spacial score (nSPS) is 10.0. The van der Waals surface area contributed by atoms with E-state index in [4.69, 9.17) is 10.5 Å². The molecule has 0 fully saturated rings. The Balaban J connectivity index is 2.34. The number of aromatic nitrogens is 1. The Morgan fingerprint density at radius 1 is 1.26 bits per heavy atom. The fourth-order valence-electron chi connectivity index (χ4n) is 1.38. The van der Waals surface area contributed by atoms with Gasteiger partial charge in [-0.25, -0.2) is 9.78 Å². The first-order chi connectivity index (χ1) is 9.11. The third kappa shape index (κ3) is 3.14. The second-order valence-corrected chi connectivity index (χ2v) is 4.78. The predicted octanol–water partition coefficient (Wildman–Crippen LogP) is 2.85. The third-order valence-corrected chi connectivity index (χ3v) is 3.22. The number of hydrogen-bond donors (Lipinski definition) is 1. The number of nitrogen functional groups attached to an aromatic ring is 1. The number of halogens is 1. The molecule has 0 aliphatic carbocycles. The first kappa shape index (κ1) is 13.6. The van der Waals surface area contributed by atoms with Crippen LogP contribution in [0, 0.1) is 3.57 Å². The van der Waals surface area contributed by atoms with E-state index in [0.717, 1.165) is 3.57 Å². The van der Waals surface area contributed by atoms with Crippen LogP contribution in [0.15, 0.2) is 36.4 Å². The van der Waals surface area contributed by atoms with Gasteiger partial charge in [0.05, 0.1) is 16.4 Å². The maximum Gasteiger partial charge on any atom is 0.356 e. The number of nitrogens with zero attached hydrogens (tertiary/aromatic N) is 1. The highest BCUT2D eigenvalue weighted by Crippen LogP contribution is 2.28. The van der Waals surface area contributed by atoms with Crippen LogP contribution in [-0.4, -0.2) is 18.1 Å². The van der Waals surface area contributed by atoms with Gasteiger partial charge in [-0.2, -0.15) is 0 Å². The van der Waals surface area contributed by atoms with Crippen molar-refractivity contribution in [2.75, 3.05) is 12.8 Å². The van der Waals surface area contributed by atoms with Crippen molar-refractivity contribution in [1.82, 2.24) is 4.98 Å². The smallest absolute Gasteiger partial charge is 0.356 e. The van der Waals surface area contributed by atoms with Crippen LogP contribution in [0.3, 0.4) is 0 Å². The fourth-order valence-corrected chi connectivity index (χ4v) is 1.88. The number of ether oxygens (including phenoxy) is 2. The molecule has 1 heterocycles. The molecule has 0 aliphatic heterocycles. The minimum atomic E-state index is -0.535. The lowest BCUT2D eigenvalue weighted by Crippen LogP contribution is -2.06. The number of esters is 1. The molecular weight excluding hydrogens is 359 g/mol. The summed E-state index contributed by atoms with van der Waals surface area (Å²) in [5, 5.41) is 0. The molecule has 0 atom stereocenters. The summed E-state index contributed by atoms with van der Waals surface area (Å²) in [6, 6.07) is 10.5. The number of methoxy groups -OCH3 is 1. The van der Waals surface area contributed by atoms with E-state index < -0.39 is 5.97 Å². The lowest BCUT2D eigenvalue weighted by Gasteiger charge is -2.09. The summed E-state index contributed by atoms with van der Waals surface area (Å²) >= 11 is 2.14. The summed E-state index contributed by atoms with van der Waals surface area (Å²) in [5.41, 5.74) is 6.29. The highest BCUT2D eigenvalue weighted by molar-refractivity contribution is 14.1. The van der Waals surface area contributed by atoms with Gasteiger partial charge < -0.3 is 15.2 Å². The van der Waals surface area contributed by atoms with E-state index in [9.17, 15) is 4.79 Å². The van der Waals surface area contributed by atoms with Crippen molar-refractivity contribution in [3.8, 4) is 11.6 Å². The molecule has 1 aromatic heterocycles. The average molecular weight is 370 g/mol. The number of benzene rings is 1. The number of nitrogens with two attached hydrogens (primary N) is 1. The lowest BCUT2D eigenvalue weighted by atomic mass is 10.3. The van der Waals surface area contributed by atoms with Crippen LogP contribution in [0.5, 0.6) is 11.6 Å². The Bertz CT molecular complexity index is 617. The van der Waals surface area contributed by atoms with E-state index in [2.05, 4.69) is 32.3 Å². The van der Waals surface area contributed by atoms with Crippen LogP contribution in [0.2, 0.25) is 0 Å². The molecule has 0 saturated heterocycles. The summed E-state index contributed by atoms with van der Waals surface area (Å²) in [6.45, 7) is 0. The van der Waals surface area contributed by atoms with Crippen molar-refractivity contribution in [2.24, 2.45) is 0 Å². The van der Waals surface area contributed by atoms with E-state index in [1.165, 1.54) is 13.2 Å². The van der Waals surface area contributed by atoms with E-state index in [-0.39, 0.29) is 11.6 Å². The van der Waals surface area contributed by atoms with Crippen molar-refractivity contribution in [3.63, 3.8) is 0 Å². The molecular formula is C13H11IN2O3. The van der Waals surface area contributed by atoms with Crippen LogP contribution in [0.1, 0.15) is 10.5 Å². The molecule has 98 valence electrons. The van der Waals surface area contributed by atoms with Crippen LogP contribution in [0.4, 0.5) is 5.69 Å². The van der Waals surface area contributed by atoms with Gasteiger partial charge in [-0.1, -0.05) is 12.1 Å². The van der Waals surface area contributed by atoms with Crippen molar-refractivity contribution in [3.05, 3.63) is 45.7 Å². The van der Waals surface area contributed by atoms with Crippen molar-refractivity contribution in [2.45, 2.75) is 0 Å². The van der Waals surface area contributed by atoms with Crippen LogP contribution in [-0.2, 0) is 4.74 Å². The number of hydrogen-bond acceptors (Lipinski definition) is 5. The monoisotopic (exact) mass is 370 g/mol. The van der Waals surface area contributed by atoms with Crippen molar-refractivity contribution < 1.29 is 14.3 Å². The standard InChI is InChI=1S/C13H11IN2O3/c1-18-13(17)10-7-6-9(15)12(16-10)19-11-5-3-2-4-8(11)14/h2-7H,15H2,1H3. The topological polar surface area (TPSA) is 74.4 Å². The highest BCUT2D eigenvalue weighted by atomic mass is 127. The van der Waals surface area contributed by atoms with Crippen LogP contribution in [0.25, 0.3) is 0 Å². The van der Waals surface area contributed by atoms with Gasteiger partial charge in [-0.15, -0.1) is 0 Å². The van der Waals surface area contributed by atoms with E-state index in [0.29, 0.717) is 11.4 Å². The Kier molecular flexibility index (Phi) is 4.20. The molecule has 5 nitrogen and oxygen atoms in total. The Labute approximate surface area is 123 Å². The zero-order valence-corrected chi connectivity index (χ0v) is 12.2. The fraction of sp³-hybridized carbons (Fsp3) is 0.0769. The molecule has 0 amide bonds. The minimum Gasteiger partial charge on any atom is -0.464 e. The third-order valence-electron chi connectivity index (χ3n) is 2.33. The molecule has 6 heteroatoms. The second-order valence-electron chi connectivity index (χ2n) is 3.61. The van der Waals surface area contributed by atoms with E-state index >= 15 is 0 Å². The Hall–Kier alpha value is -1.83. The maximum atomic E-state index is 11.4. The Morgan fingerprint density at radius 2 is 2.00 bits per heavy atom. The molecule has 0 bridgehead atoms. The minimum absolute atomic E-state index is 0.151. The van der Waals surface area contributed by atoms with Gasteiger partial charge in [-0.3, -0.25) is 0 Å². The average Bonchev–Trinajstić information content (AvgIpc) is 2.42. The number of anilines is 1. The largest absolute Gasteiger partial charge is 0.464 e. The van der Waals surface area contributed by atoms with E-state index in [1.54, 1.807) is 12.1 Å². The number of pyridine rings is 1. The van der Waals surface area contributed by atoms with Crippen molar-refractivity contribution >= 4 is 34.2 Å². The van der Waals surface area contributed by atoms with Gasteiger partial charge in [0, 0.05) is 0 Å². The molecule has 1 aromatic carbocycles. The molecule has 19 heavy (non-hydrogen) atoms. The van der Waals surface area contributed by atoms with Gasteiger partial charge in [0.2, 0.25) is 5.88 Å². The summed E-state index contributed by atoms with van der Waals surface area (Å²) in [6.07, 6.45) is 0. The number of rotatable bonds is 3. The molecule has 0 radical (unpaired) electrons. The summed E-state index contributed by atoms with van der Waals surface area (Å²) in [7, 11) is 1.29. The van der Waals surface area contributed by atoms with Gasteiger partial charge >= 0.3 is 5.97 Å². The highest BCUT2D eigenvalue weighted by Gasteiger charge is 2.12. The van der Waals surface area contributed by atoms with E-state index in [1.807, 2.05) is 18.2 Å². The van der Waals surface area contributed by atoms with Crippen LogP contribution >= 0.6 is 22.6 Å². The second kappa shape index (κ2) is 5.87. The van der Waals surface area contributed by atoms with Gasteiger partial charge in [0.25, 0.3) is 0 Å². The molecule has 2 aromatic rings. The first-order valence-electron chi connectivity index (χ1n) is 5.39. The van der Waals surface area contributed by atoms with Crippen molar-refractivity contribution in [1.29, 1.82) is 0 Å². The molecule has 2 N–H and O–H groups in total. The number of carbonyl (C=O) groups excluding carboxylic acids is 1. The van der Waals surface area contributed by atoms with Crippen LogP contribution < -0.4 is 10.5 Å². The molecule has 2 rings (SSSR count). The first-order valence-corrected chi connectivity index (χ1v) is 6.47. The lowest BCUT2D eigenvalue weighted by molar-refractivity contribution is 0.0593. The summed E-state index contributed by atoms with van der Waals surface area (Å²) < 4.78 is 11.2. The van der Waals surface area contributed by atoms with Gasteiger partial charge in [0.15, 0.2) is 5.69 Å². The van der Waals surface area contributed by atoms with Gasteiger partial charge in [-0.05, 0) is 46.9 Å². The predicted molar refractivity (Wildman–Crippen MR) is 79.2 cm³/mol. The summed E-state index contributed by atoms with van der Waals surface area (Å²) in [5.74, 6) is 0.281. The zero-order chi connectivity index (χ0) is 13.8. The molecule has 0 aliphatic rings. The Morgan fingerprint density at radius 3 is 2.68 bits per heavy atom.